The summed E-state index contributed by atoms with van der Waals surface area (Å²) in [6, 6.07) is 26.7. The summed E-state index contributed by atoms with van der Waals surface area (Å²) in [5.74, 6) is 0. The van der Waals surface area contributed by atoms with E-state index in [4.69, 9.17) is 11.1 Å². The van der Waals surface area contributed by atoms with Crippen LogP contribution in [0.25, 0.3) is 27.1 Å². The van der Waals surface area contributed by atoms with Crippen LogP contribution in [0, 0.1) is 12.3 Å². The third kappa shape index (κ3) is 3.93. The number of hydrogen-bond acceptors (Lipinski definition) is 2. The first kappa shape index (κ1) is 18.9. The third-order valence-electron chi connectivity index (χ3n) is 4.58. The molecule has 3 N–H and O–H groups in total. The Labute approximate surface area is 168 Å². The van der Waals surface area contributed by atoms with Gasteiger partial charge in [0.15, 0.2) is 0 Å². The van der Waals surface area contributed by atoms with Crippen LogP contribution in [0.15, 0.2) is 89.5 Å². The Kier molecular flexibility index (Phi) is 6.05. The van der Waals surface area contributed by atoms with Crippen LogP contribution in [0.1, 0.15) is 11.1 Å². The fourth-order valence-corrected chi connectivity index (χ4v) is 3.84. The van der Waals surface area contributed by atoms with Crippen molar-refractivity contribution in [1.29, 1.82) is 5.41 Å². The number of allylic oxidation sites excluding steroid dienone is 1. The van der Waals surface area contributed by atoms with Crippen LogP contribution in [0.3, 0.4) is 0 Å². The predicted octanol–water partition coefficient (Wildman–Crippen LogP) is 6.70. The fraction of sp³-hybridized carbons (Fsp3) is 0.0417. The van der Waals surface area contributed by atoms with Crippen molar-refractivity contribution in [3.05, 3.63) is 101 Å². The number of nitrogens with one attached hydrogen (secondary N) is 1. The molecule has 0 aliphatic heterocycles. The normalized spacial score (nSPS) is 11.1. The Balaban J connectivity index is 0.000000168. The van der Waals surface area contributed by atoms with Gasteiger partial charge in [0.2, 0.25) is 0 Å². The maximum atomic E-state index is 7.02. The van der Waals surface area contributed by atoms with Gasteiger partial charge in [-0.2, -0.15) is 0 Å². The van der Waals surface area contributed by atoms with Gasteiger partial charge in [-0.15, -0.1) is 0 Å². The van der Waals surface area contributed by atoms with E-state index in [1.165, 1.54) is 44.0 Å². The molecular weight excluding hydrogens is 396 g/mol. The minimum absolute atomic E-state index is 0.741. The lowest BCUT2D eigenvalue weighted by atomic mass is 9.98. The SMILES string of the molecule is Cc1c2ccccc2c(Br)c2ccccc12.N=C/C(=C\N)c1ccccc1. The largest absolute Gasteiger partial charge is 0.404 e. The van der Waals surface area contributed by atoms with Gasteiger partial charge in [-0.25, -0.2) is 0 Å². The maximum absolute atomic E-state index is 7.02. The standard InChI is InChI=1S/C15H11Br.C9H10N2/c1-10-11-6-2-4-8-13(11)15(16)14-9-5-3-7-12(10)14;10-6-9(7-11)8-4-2-1-3-5-8/h2-9H,1H3;1-7,10H,11H2/b;9-7+,10-6?. The lowest BCUT2D eigenvalue weighted by Crippen LogP contribution is -1.89. The van der Waals surface area contributed by atoms with Crippen molar-refractivity contribution in [2.24, 2.45) is 5.73 Å². The van der Waals surface area contributed by atoms with Crippen LogP contribution in [-0.2, 0) is 0 Å². The van der Waals surface area contributed by atoms with E-state index in [1.807, 2.05) is 30.3 Å². The Morgan fingerprint density at radius 3 is 1.67 bits per heavy atom. The first-order valence-electron chi connectivity index (χ1n) is 8.70. The van der Waals surface area contributed by atoms with E-state index in [9.17, 15) is 0 Å². The highest BCUT2D eigenvalue weighted by atomic mass is 79.9. The lowest BCUT2D eigenvalue weighted by Gasteiger charge is -2.10. The van der Waals surface area contributed by atoms with E-state index in [2.05, 4.69) is 71.4 Å². The Hall–Kier alpha value is -2.91. The molecule has 0 heterocycles. The Morgan fingerprint density at radius 2 is 1.22 bits per heavy atom. The van der Waals surface area contributed by atoms with Gasteiger partial charge in [-0.1, -0.05) is 78.9 Å². The van der Waals surface area contributed by atoms with Gasteiger partial charge in [-0.05, 0) is 55.5 Å². The number of benzene rings is 4. The fourth-order valence-electron chi connectivity index (χ4n) is 3.15. The molecule has 134 valence electrons. The lowest BCUT2D eigenvalue weighted by molar-refractivity contribution is 1.53. The van der Waals surface area contributed by atoms with Crippen LogP contribution in [0.5, 0.6) is 0 Å². The number of fused-ring (bicyclic) bond motifs is 2. The van der Waals surface area contributed by atoms with Gasteiger partial charge >= 0.3 is 0 Å². The molecule has 4 aromatic carbocycles. The molecule has 0 aliphatic rings. The molecule has 0 atom stereocenters. The van der Waals surface area contributed by atoms with Gasteiger partial charge in [0.05, 0.1) is 0 Å². The smallest absolute Gasteiger partial charge is 0.0332 e. The highest BCUT2D eigenvalue weighted by Gasteiger charge is 2.07. The summed E-state index contributed by atoms with van der Waals surface area (Å²) < 4.78 is 1.20. The van der Waals surface area contributed by atoms with E-state index in [1.54, 1.807) is 0 Å². The molecule has 4 aromatic rings. The molecule has 27 heavy (non-hydrogen) atoms. The van der Waals surface area contributed by atoms with Crippen LogP contribution >= 0.6 is 15.9 Å². The molecule has 0 amide bonds. The summed E-state index contributed by atoms with van der Waals surface area (Å²) in [4.78, 5) is 0. The molecule has 0 radical (unpaired) electrons. The zero-order valence-electron chi connectivity index (χ0n) is 15.1. The first-order chi connectivity index (χ1) is 13.2. The van der Waals surface area contributed by atoms with E-state index < -0.39 is 0 Å². The predicted molar refractivity (Wildman–Crippen MR) is 121 cm³/mol. The quantitative estimate of drug-likeness (QED) is 0.277. The number of hydrogen-bond donors (Lipinski definition) is 2. The van der Waals surface area contributed by atoms with Crippen LogP contribution in [0.4, 0.5) is 0 Å². The van der Waals surface area contributed by atoms with Gasteiger partial charge in [0, 0.05) is 22.5 Å². The molecule has 0 saturated carbocycles. The number of rotatable bonds is 2. The minimum atomic E-state index is 0.741. The van der Waals surface area contributed by atoms with E-state index in [-0.39, 0.29) is 0 Å². The summed E-state index contributed by atoms with van der Waals surface area (Å²) >= 11 is 3.72. The average molecular weight is 417 g/mol. The number of halogens is 1. The molecule has 4 rings (SSSR count). The maximum Gasteiger partial charge on any atom is 0.0332 e. The topological polar surface area (TPSA) is 49.9 Å². The first-order valence-corrected chi connectivity index (χ1v) is 9.50. The summed E-state index contributed by atoms with van der Waals surface area (Å²) in [5, 5.41) is 12.3. The second-order valence-electron chi connectivity index (χ2n) is 6.16. The number of aryl methyl sites for hydroxylation is 1. The van der Waals surface area contributed by atoms with E-state index in [0.717, 1.165) is 11.1 Å². The van der Waals surface area contributed by atoms with Crippen molar-refractivity contribution in [3.8, 4) is 0 Å². The highest BCUT2D eigenvalue weighted by molar-refractivity contribution is 9.10. The van der Waals surface area contributed by atoms with Gasteiger partial charge in [-0.3, -0.25) is 0 Å². The molecule has 0 spiro atoms. The highest BCUT2D eigenvalue weighted by Crippen LogP contribution is 2.35. The summed E-state index contributed by atoms with van der Waals surface area (Å²) in [5.41, 5.74) is 8.38. The molecule has 0 unspecified atom stereocenters. The molecule has 3 heteroatoms. The van der Waals surface area contributed by atoms with Crippen molar-refractivity contribution < 1.29 is 0 Å². The molecule has 0 saturated heterocycles. The molecule has 0 aromatic heterocycles. The van der Waals surface area contributed by atoms with Crippen molar-refractivity contribution in [3.63, 3.8) is 0 Å². The van der Waals surface area contributed by atoms with E-state index in [0.29, 0.717) is 0 Å². The second kappa shape index (κ2) is 8.65. The Morgan fingerprint density at radius 1 is 0.778 bits per heavy atom. The van der Waals surface area contributed by atoms with Gasteiger partial charge in [0.1, 0.15) is 0 Å². The summed E-state index contributed by atoms with van der Waals surface area (Å²) in [6.45, 7) is 2.19. The van der Waals surface area contributed by atoms with Crippen molar-refractivity contribution in [2.45, 2.75) is 6.92 Å². The number of nitrogens with two attached hydrogens (primary N) is 1. The molecule has 0 aliphatic carbocycles. The van der Waals surface area contributed by atoms with Crippen molar-refractivity contribution in [1.82, 2.24) is 0 Å². The van der Waals surface area contributed by atoms with Crippen LogP contribution < -0.4 is 5.73 Å². The second-order valence-corrected chi connectivity index (χ2v) is 6.96. The molecule has 2 nitrogen and oxygen atoms in total. The van der Waals surface area contributed by atoms with Gasteiger partial charge in [0.25, 0.3) is 0 Å². The summed E-state index contributed by atoms with van der Waals surface area (Å²) in [7, 11) is 0. The average Bonchev–Trinajstić information content (AvgIpc) is 2.74. The van der Waals surface area contributed by atoms with E-state index >= 15 is 0 Å². The van der Waals surface area contributed by atoms with Crippen molar-refractivity contribution in [2.75, 3.05) is 0 Å². The van der Waals surface area contributed by atoms with Crippen molar-refractivity contribution >= 4 is 49.3 Å². The van der Waals surface area contributed by atoms with Crippen LogP contribution in [0.2, 0.25) is 0 Å². The van der Waals surface area contributed by atoms with Gasteiger partial charge < -0.3 is 11.1 Å². The molecular formula is C24H21BrN2. The molecule has 0 fully saturated rings. The van der Waals surface area contributed by atoms with Crippen LogP contribution in [-0.4, -0.2) is 6.21 Å². The third-order valence-corrected chi connectivity index (χ3v) is 5.43. The molecule has 0 bridgehead atoms. The zero-order valence-corrected chi connectivity index (χ0v) is 16.7. The summed E-state index contributed by atoms with van der Waals surface area (Å²) in [6.07, 6.45) is 2.68. The monoisotopic (exact) mass is 416 g/mol. The zero-order chi connectivity index (χ0) is 19.2. The Bertz CT molecular complexity index is 998. The minimum Gasteiger partial charge on any atom is -0.404 e.